The van der Waals surface area contributed by atoms with Crippen molar-refractivity contribution in [3.63, 3.8) is 0 Å². The standard InChI is InChI=1S/C21H25N3O3/c1-13-5-4-6-14(2)19(13)23-21(27)20(26)22-12-18(25)16-7-8-17-15(11-16)9-10-24(17)3/h4-8,11,18,25H,9-10,12H2,1-3H3,(H,22,26)(H,23,27). The number of aliphatic hydroxyl groups is 1. The summed E-state index contributed by atoms with van der Waals surface area (Å²) >= 11 is 0. The number of fused-ring (bicyclic) bond motifs is 1. The van der Waals surface area contributed by atoms with E-state index in [9.17, 15) is 14.7 Å². The second-order valence-electron chi connectivity index (χ2n) is 7.01. The molecule has 2 aromatic carbocycles. The van der Waals surface area contributed by atoms with Gasteiger partial charge in [-0.3, -0.25) is 9.59 Å². The molecule has 1 atom stereocenters. The molecule has 1 unspecified atom stereocenters. The molecule has 3 rings (SSSR count). The molecule has 0 aliphatic carbocycles. The van der Waals surface area contributed by atoms with E-state index in [2.05, 4.69) is 15.5 Å². The lowest BCUT2D eigenvalue weighted by Gasteiger charge is -2.16. The third kappa shape index (κ3) is 4.11. The second kappa shape index (κ2) is 7.80. The molecule has 1 aliphatic rings. The minimum atomic E-state index is -0.863. The molecule has 0 bridgehead atoms. The quantitative estimate of drug-likeness (QED) is 0.723. The number of aliphatic hydroxyl groups excluding tert-OH is 1. The number of carbonyl (C=O) groups is 2. The number of aryl methyl sites for hydroxylation is 2. The summed E-state index contributed by atoms with van der Waals surface area (Å²) in [5, 5.41) is 15.5. The van der Waals surface area contributed by atoms with Crippen LogP contribution in [0.25, 0.3) is 0 Å². The van der Waals surface area contributed by atoms with Crippen molar-refractivity contribution in [1.82, 2.24) is 5.32 Å². The molecule has 0 aromatic heterocycles. The Morgan fingerprint density at radius 3 is 2.56 bits per heavy atom. The molecular formula is C21H25N3O3. The topological polar surface area (TPSA) is 81.7 Å². The molecule has 0 saturated heterocycles. The monoisotopic (exact) mass is 367 g/mol. The molecule has 2 amide bonds. The molecule has 1 heterocycles. The molecule has 0 radical (unpaired) electrons. The summed E-state index contributed by atoms with van der Waals surface area (Å²) in [4.78, 5) is 26.4. The number of anilines is 2. The molecule has 0 fully saturated rings. The van der Waals surface area contributed by atoms with Crippen LogP contribution in [-0.4, -0.2) is 37.1 Å². The maximum atomic E-state index is 12.1. The number of nitrogens with zero attached hydrogens (tertiary/aromatic N) is 1. The lowest BCUT2D eigenvalue weighted by molar-refractivity contribution is -0.136. The average Bonchev–Trinajstić information content (AvgIpc) is 3.02. The van der Waals surface area contributed by atoms with Crippen LogP contribution in [0.1, 0.15) is 28.4 Å². The van der Waals surface area contributed by atoms with Crippen molar-refractivity contribution in [2.24, 2.45) is 0 Å². The van der Waals surface area contributed by atoms with E-state index in [0.717, 1.165) is 29.7 Å². The summed E-state index contributed by atoms with van der Waals surface area (Å²) in [6, 6.07) is 11.4. The summed E-state index contributed by atoms with van der Waals surface area (Å²) in [6.45, 7) is 4.68. The first kappa shape index (κ1) is 18.9. The maximum Gasteiger partial charge on any atom is 0.313 e. The smallest absolute Gasteiger partial charge is 0.313 e. The zero-order chi connectivity index (χ0) is 19.6. The molecule has 6 nitrogen and oxygen atoms in total. The highest BCUT2D eigenvalue weighted by molar-refractivity contribution is 6.39. The predicted octanol–water partition coefficient (Wildman–Crippen LogP) is 2.08. The van der Waals surface area contributed by atoms with Gasteiger partial charge < -0.3 is 20.6 Å². The van der Waals surface area contributed by atoms with E-state index in [0.29, 0.717) is 5.69 Å². The first-order valence-electron chi connectivity index (χ1n) is 9.04. The van der Waals surface area contributed by atoms with Crippen molar-refractivity contribution >= 4 is 23.2 Å². The average molecular weight is 367 g/mol. The second-order valence-corrected chi connectivity index (χ2v) is 7.01. The number of amides is 2. The first-order chi connectivity index (χ1) is 12.9. The molecule has 6 heteroatoms. The van der Waals surface area contributed by atoms with Crippen molar-refractivity contribution in [1.29, 1.82) is 0 Å². The number of hydrogen-bond donors (Lipinski definition) is 3. The normalized spacial score (nSPS) is 13.9. The third-order valence-electron chi connectivity index (χ3n) is 5.00. The van der Waals surface area contributed by atoms with E-state index >= 15 is 0 Å². The molecule has 142 valence electrons. The highest BCUT2D eigenvalue weighted by Crippen LogP contribution is 2.29. The molecule has 0 saturated carbocycles. The number of carbonyl (C=O) groups excluding carboxylic acids is 2. The van der Waals surface area contributed by atoms with Crippen molar-refractivity contribution in [3.8, 4) is 0 Å². The van der Waals surface area contributed by atoms with Gasteiger partial charge in [-0.1, -0.05) is 30.3 Å². The Bertz CT molecular complexity index is 859. The van der Waals surface area contributed by atoms with Crippen LogP contribution in [0, 0.1) is 13.8 Å². The number of hydrogen-bond acceptors (Lipinski definition) is 4. The van der Waals surface area contributed by atoms with Crippen LogP contribution in [0.5, 0.6) is 0 Å². The Balaban J connectivity index is 1.58. The van der Waals surface area contributed by atoms with Gasteiger partial charge in [0.1, 0.15) is 0 Å². The largest absolute Gasteiger partial charge is 0.387 e. The van der Waals surface area contributed by atoms with Crippen LogP contribution in [0.15, 0.2) is 36.4 Å². The molecule has 3 N–H and O–H groups in total. The Labute approximate surface area is 159 Å². The van der Waals surface area contributed by atoms with Gasteiger partial charge in [0, 0.05) is 31.5 Å². The summed E-state index contributed by atoms with van der Waals surface area (Å²) in [5.74, 6) is -1.51. The van der Waals surface area contributed by atoms with E-state index in [1.807, 2.05) is 57.3 Å². The number of benzene rings is 2. The van der Waals surface area contributed by atoms with Crippen molar-refractivity contribution in [3.05, 3.63) is 58.7 Å². The van der Waals surface area contributed by atoms with Gasteiger partial charge in [0.05, 0.1) is 6.10 Å². The predicted molar refractivity (Wildman–Crippen MR) is 106 cm³/mol. The highest BCUT2D eigenvalue weighted by atomic mass is 16.3. The van der Waals surface area contributed by atoms with Gasteiger partial charge in [-0.25, -0.2) is 0 Å². The fourth-order valence-corrected chi connectivity index (χ4v) is 3.36. The summed E-state index contributed by atoms with van der Waals surface area (Å²) in [5.41, 5.74) is 5.51. The third-order valence-corrected chi connectivity index (χ3v) is 5.00. The molecule has 2 aromatic rings. The van der Waals surface area contributed by atoms with Crippen LogP contribution in [0.2, 0.25) is 0 Å². The first-order valence-corrected chi connectivity index (χ1v) is 9.04. The van der Waals surface area contributed by atoms with Gasteiger partial charge in [0.2, 0.25) is 0 Å². The highest BCUT2D eigenvalue weighted by Gasteiger charge is 2.20. The Kier molecular flexibility index (Phi) is 5.46. The van der Waals surface area contributed by atoms with Crippen LogP contribution < -0.4 is 15.5 Å². The number of rotatable bonds is 4. The fraction of sp³-hybridized carbons (Fsp3) is 0.333. The summed E-state index contributed by atoms with van der Waals surface area (Å²) in [6.07, 6.45) is 0.0786. The molecular weight excluding hydrogens is 342 g/mol. The van der Waals surface area contributed by atoms with Gasteiger partial charge in [0.25, 0.3) is 0 Å². The van der Waals surface area contributed by atoms with Crippen molar-refractivity contribution in [2.45, 2.75) is 26.4 Å². The number of nitrogens with one attached hydrogen (secondary N) is 2. The number of para-hydroxylation sites is 1. The van der Waals surface area contributed by atoms with E-state index in [1.165, 1.54) is 11.3 Å². The zero-order valence-electron chi connectivity index (χ0n) is 15.9. The minimum absolute atomic E-state index is 0.0202. The molecule has 1 aliphatic heterocycles. The Hall–Kier alpha value is -2.86. The van der Waals surface area contributed by atoms with Crippen LogP contribution >= 0.6 is 0 Å². The van der Waals surface area contributed by atoms with E-state index in [4.69, 9.17) is 0 Å². The van der Waals surface area contributed by atoms with E-state index < -0.39 is 17.9 Å². The lowest BCUT2D eigenvalue weighted by Crippen LogP contribution is -2.37. The van der Waals surface area contributed by atoms with Crippen molar-refractivity contribution < 1.29 is 14.7 Å². The fourth-order valence-electron chi connectivity index (χ4n) is 3.36. The van der Waals surface area contributed by atoms with Crippen molar-refractivity contribution in [2.75, 3.05) is 30.4 Å². The van der Waals surface area contributed by atoms with E-state index in [1.54, 1.807) is 0 Å². The van der Waals surface area contributed by atoms with E-state index in [-0.39, 0.29) is 6.54 Å². The van der Waals surface area contributed by atoms with Gasteiger partial charge in [0.15, 0.2) is 0 Å². The van der Waals surface area contributed by atoms with Crippen LogP contribution in [-0.2, 0) is 16.0 Å². The molecule has 27 heavy (non-hydrogen) atoms. The zero-order valence-corrected chi connectivity index (χ0v) is 15.9. The minimum Gasteiger partial charge on any atom is -0.387 e. The van der Waals surface area contributed by atoms with Gasteiger partial charge in [-0.2, -0.15) is 0 Å². The molecule has 0 spiro atoms. The summed E-state index contributed by atoms with van der Waals surface area (Å²) < 4.78 is 0. The maximum absolute atomic E-state index is 12.1. The van der Waals surface area contributed by atoms with Gasteiger partial charge in [-0.15, -0.1) is 0 Å². The van der Waals surface area contributed by atoms with Gasteiger partial charge >= 0.3 is 11.8 Å². The van der Waals surface area contributed by atoms with Crippen LogP contribution in [0.3, 0.4) is 0 Å². The number of likely N-dealkylation sites (N-methyl/N-ethyl adjacent to an activating group) is 1. The van der Waals surface area contributed by atoms with Crippen LogP contribution in [0.4, 0.5) is 11.4 Å². The summed E-state index contributed by atoms with van der Waals surface area (Å²) in [7, 11) is 2.04. The Morgan fingerprint density at radius 1 is 1.15 bits per heavy atom. The SMILES string of the molecule is Cc1cccc(C)c1NC(=O)C(=O)NCC(O)c1ccc2c(c1)CCN2C. The lowest BCUT2D eigenvalue weighted by atomic mass is 10.0. The van der Waals surface area contributed by atoms with Gasteiger partial charge in [-0.05, 0) is 48.6 Å². The Morgan fingerprint density at radius 2 is 1.85 bits per heavy atom.